The standard InChI is InChI=1S/C33H32Cl2N8O4/c1-4-24-14-22(33(40-24)42(45)46)18-43(2,3)12-6-9-31(44)41-30-16-26-28(17-36-30)37-20-38-32(26)39-25-10-11-29(27(35)15-25)47-19-21-7-5-8-23(34)13-21/h5-11,13,15-17,20H,4,12,14,18-19H2,1-3H3,(H-,36,37,38,39,41,44)/p+1/b9-6+. The molecule has 47 heavy (non-hydrogen) atoms. The van der Waals surface area contributed by atoms with E-state index in [4.69, 9.17) is 27.9 Å². The minimum atomic E-state index is -0.422. The highest BCUT2D eigenvalue weighted by Gasteiger charge is 2.32. The van der Waals surface area contributed by atoms with E-state index in [1.165, 1.54) is 12.4 Å². The molecule has 0 saturated carbocycles. The number of nitrogens with zero attached hydrogens (tertiary/aromatic N) is 6. The summed E-state index contributed by atoms with van der Waals surface area (Å²) in [5, 5.41) is 19.2. The van der Waals surface area contributed by atoms with E-state index < -0.39 is 4.92 Å². The van der Waals surface area contributed by atoms with Crippen LogP contribution in [0.15, 0.2) is 89.6 Å². The molecule has 5 rings (SSSR count). The zero-order valence-corrected chi connectivity index (χ0v) is 27.5. The van der Waals surface area contributed by atoms with Gasteiger partial charge in [-0.2, -0.15) is 0 Å². The van der Waals surface area contributed by atoms with Crippen LogP contribution in [-0.4, -0.2) is 63.2 Å². The van der Waals surface area contributed by atoms with Crippen LogP contribution in [0, 0.1) is 10.1 Å². The highest BCUT2D eigenvalue weighted by molar-refractivity contribution is 6.32. The molecule has 0 aliphatic carbocycles. The van der Waals surface area contributed by atoms with Crippen LogP contribution in [0.25, 0.3) is 10.9 Å². The second-order valence-corrected chi connectivity index (χ2v) is 12.4. The van der Waals surface area contributed by atoms with E-state index in [-0.39, 0.29) is 11.7 Å². The van der Waals surface area contributed by atoms with E-state index in [1.807, 2.05) is 45.3 Å². The predicted octanol–water partition coefficient (Wildman–Crippen LogP) is 6.97. The predicted molar refractivity (Wildman–Crippen MR) is 184 cm³/mol. The van der Waals surface area contributed by atoms with Gasteiger partial charge in [0.05, 0.1) is 42.9 Å². The number of nitro groups is 1. The SMILES string of the molecule is CCC1=NC([N+](=O)[O-])=C(C[N+](C)(C)C/C=C/C(=O)Nc2cc3c(Nc4ccc(OCc5cccc(Cl)c5)c(Cl)c4)ncnc3cn2)C1. The Bertz CT molecular complexity index is 1930. The lowest BCUT2D eigenvalue weighted by atomic mass is 10.1. The molecular weight excluding hydrogens is 643 g/mol. The van der Waals surface area contributed by atoms with Crippen LogP contribution >= 0.6 is 23.2 Å². The number of hydrogen-bond acceptors (Lipinski definition) is 9. The average Bonchev–Trinajstić information content (AvgIpc) is 3.43. The van der Waals surface area contributed by atoms with Crippen LogP contribution in [0.3, 0.4) is 0 Å². The lowest BCUT2D eigenvalue weighted by Crippen LogP contribution is -2.41. The van der Waals surface area contributed by atoms with Gasteiger partial charge in [0.15, 0.2) is 0 Å². The molecule has 2 aromatic carbocycles. The number of fused-ring (bicyclic) bond motifs is 1. The Morgan fingerprint density at radius 1 is 1.13 bits per heavy atom. The summed E-state index contributed by atoms with van der Waals surface area (Å²) in [7, 11) is 3.90. The van der Waals surface area contributed by atoms with Crippen LogP contribution in [0.4, 0.5) is 17.3 Å². The van der Waals surface area contributed by atoms with E-state index >= 15 is 0 Å². The number of nitrogens with one attached hydrogen (secondary N) is 2. The van der Waals surface area contributed by atoms with Gasteiger partial charge in [-0.25, -0.2) is 15.0 Å². The largest absolute Gasteiger partial charge is 0.487 e. The van der Waals surface area contributed by atoms with Crippen molar-refractivity contribution in [3.05, 3.63) is 110 Å². The van der Waals surface area contributed by atoms with Gasteiger partial charge in [-0.15, -0.1) is 0 Å². The Kier molecular flexibility index (Phi) is 10.4. The maximum atomic E-state index is 12.8. The maximum absolute atomic E-state index is 12.8. The minimum Gasteiger partial charge on any atom is -0.487 e. The Hall–Kier alpha value is -4.91. The molecule has 1 aliphatic heterocycles. The molecule has 0 saturated heterocycles. The lowest BCUT2D eigenvalue weighted by Gasteiger charge is -2.28. The van der Waals surface area contributed by atoms with E-state index in [2.05, 4.69) is 30.6 Å². The molecule has 12 nitrogen and oxygen atoms in total. The van der Waals surface area contributed by atoms with Gasteiger partial charge in [-0.05, 0) is 58.0 Å². The second-order valence-electron chi connectivity index (χ2n) is 11.6. The van der Waals surface area contributed by atoms with Crippen LogP contribution in [-0.2, 0) is 11.4 Å². The molecular formula is C33H33Cl2N8O4+. The summed E-state index contributed by atoms with van der Waals surface area (Å²) in [4.78, 5) is 41.0. The summed E-state index contributed by atoms with van der Waals surface area (Å²) >= 11 is 12.6. The summed E-state index contributed by atoms with van der Waals surface area (Å²) in [5.41, 5.74) is 3.68. The van der Waals surface area contributed by atoms with Crippen LogP contribution in [0.2, 0.25) is 10.0 Å². The zero-order chi connectivity index (χ0) is 33.6. The maximum Gasteiger partial charge on any atom is 0.368 e. The number of aliphatic imine (C=N–C) groups is 1. The fourth-order valence-corrected chi connectivity index (χ4v) is 5.48. The number of rotatable bonds is 13. The molecule has 0 bridgehead atoms. The van der Waals surface area contributed by atoms with Crippen molar-refractivity contribution in [2.75, 3.05) is 37.8 Å². The van der Waals surface area contributed by atoms with Gasteiger partial charge in [-0.1, -0.05) is 42.3 Å². The molecule has 0 atom stereocenters. The van der Waals surface area contributed by atoms with Crippen LogP contribution < -0.4 is 15.4 Å². The highest BCUT2D eigenvalue weighted by atomic mass is 35.5. The number of carbonyl (C=O) groups is 1. The molecule has 2 N–H and O–H groups in total. The van der Waals surface area contributed by atoms with Gasteiger partial charge in [0.25, 0.3) is 0 Å². The smallest absolute Gasteiger partial charge is 0.368 e. The van der Waals surface area contributed by atoms with Crippen molar-refractivity contribution in [1.29, 1.82) is 0 Å². The summed E-state index contributed by atoms with van der Waals surface area (Å²) in [6.45, 7) is 3.17. The monoisotopic (exact) mass is 675 g/mol. The number of carbonyl (C=O) groups excluding carboxylic acids is 1. The van der Waals surface area contributed by atoms with Crippen molar-refractivity contribution in [2.24, 2.45) is 4.99 Å². The van der Waals surface area contributed by atoms with Crippen LogP contribution in [0.1, 0.15) is 25.3 Å². The number of ether oxygens (including phenoxy) is 1. The molecule has 2 aromatic heterocycles. The molecule has 0 unspecified atom stereocenters. The molecule has 242 valence electrons. The molecule has 3 heterocycles. The topological polar surface area (TPSA) is 145 Å². The Morgan fingerprint density at radius 3 is 2.70 bits per heavy atom. The number of benzene rings is 2. The van der Waals surface area contributed by atoms with Crippen LogP contribution in [0.5, 0.6) is 5.75 Å². The van der Waals surface area contributed by atoms with E-state index in [9.17, 15) is 14.9 Å². The molecule has 1 aliphatic rings. The van der Waals surface area contributed by atoms with Gasteiger partial charge in [-0.3, -0.25) is 4.79 Å². The van der Waals surface area contributed by atoms with E-state index in [1.54, 1.807) is 36.5 Å². The van der Waals surface area contributed by atoms with Crippen molar-refractivity contribution in [2.45, 2.75) is 26.4 Å². The van der Waals surface area contributed by atoms with Crippen molar-refractivity contribution in [3.63, 3.8) is 0 Å². The molecule has 0 spiro atoms. The fraction of sp³-hybridized carbons (Fsp3) is 0.242. The first-order valence-electron chi connectivity index (χ1n) is 14.8. The van der Waals surface area contributed by atoms with Crippen molar-refractivity contribution >= 4 is 63.0 Å². The Labute approximate surface area is 281 Å². The first-order valence-corrected chi connectivity index (χ1v) is 15.5. The summed E-state index contributed by atoms with van der Waals surface area (Å²) in [6.07, 6.45) is 7.31. The van der Waals surface area contributed by atoms with E-state index in [0.29, 0.717) is 86.6 Å². The highest BCUT2D eigenvalue weighted by Crippen LogP contribution is 2.31. The number of likely N-dealkylation sites (N-methyl/N-ethyl adjacent to an activating group) is 1. The first kappa shape index (κ1) is 33.5. The number of hydrogen-bond donors (Lipinski definition) is 2. The van der Waals surface area contributed by atoms with Crippen molar-refractivity contribution in [1.82, 2.24) is 15.0 Å². The Morgan fingerprint density at radius 2 is 1.96 bits per heavy atom. The molecule has 4 aromatic rings. The number of aromatic nitrogens is 3. The number of halogens is 2. The number of pyridine rings is 1. The molecule has 0 fully saturated rings. The average molecular weight is 677 g/mol. The molecule has 1 amide bonds. The van der Waals surface area contributed by atoms with Crippen molar-refractivity contribution in [3.8, 4) is 5.75 Å². The van der Waals surface area contributed by atoms with Crippen molar-refractivity contribution < 1.29 is 18.9 Å². The third-order valence-electron chi connectivity index (χ3n) is 7.32. The number of anilines is 3. The third-order valence-corrected chi connectivity index (χ3v) is 7.85. The van der Waals surface area contributed by atoms with Gasteiger partial charge in [0.2, 0.25) is 5.91 Å². The third kappa shape index (κ3) is 8.88. The molecule has 0 radical (unpaired) electrons. The van der Waals surface area contributed by atoms with Gasteiger partial charge in [0, 0.05) is 35.0 Å². The zero-order valence-electron chi connectivity index (χ0n) is 26.0. The normalized spacial score (nSPS) is 13.3. The summed E-state index contributed by atoms with van der Waals surface area (Å²) in [5.74, 6) is 0.903. The van der Waals surface area contributed by atoms with Gasteiger partial charge >= 0.3 is 5.82 Å². The second kappa shape index (κ2) is 14.7. The summed E-state index contributed by atoms with van der Waals surface area (Å²) < 4.78 is 6.29. The van der Waals surface area contributed by atoms with Gasteiger partial charge < -0.3 is 30.0 Å². The Balaban J connectivity index is 1.21. The number of amides is 1. The lowest BCUT2D eigenvalue weighted by molar-refractivity contribution is -0.880. The summed E-state index contributed by atoms with van der Waals surface area (Å²) in [6, 6.07) is 14.4. The van der Waals surface area contributed by atoms with E-state index in [0.717, 1.165) is 11.3 Å². The minimum absolute atomic E-state index is 0.0611. The fourth-order valence-electron chi connectivity index (χ4n) is 5.04. The first-order chi connectivity index (χ1) is 22.5. The quantitative estimate of drug-likeness (QED) is 0.0669. The molecule has 14 heteroatoms. The van der Waals surface area contributed by atoms with Gasteiger partial charge in [0.1, 0.15) is 42.6 Å². The number of quaternary nitrogens is 1.